The van der Waals surface area contributed by atoms with E-state index in [9.17, 15) is 5.11 Å². The molecule has 0 aliphatic rings. The lowest BCUT2D eigenvalue weighted by molar-refractivity contribution is 0.169. The molecule has 4 nitrogen and oxygen atoms in total. The van der Waals surface area contributed by atoms with E-state index >= 15 is 0 Å². The van der Waals surface area contributed by atoms with Crippen molar-refractivity contribution >= 4 is 5.69 Å². The Morgan fingerprint density at radius 1 is 1.28 bits per heavy atom. The summed E-state index contributed by atoms with van der Waals surface area (Å²) < 4.78 is 0. The SMILES string of the molecule is CCCCN(CCO)c1ccc(C(O)CC)nc1. The van der Waals surface area contributed by atoms with Crippen LogP contribution in [0, 0.1) is 0 Å². The first-order valence-corrected chi connectivity index (χ1v) is 6.72. The highest BCUT2D eigenvalue weighted by atomic mass is 16.3. The monoisotopic (exact) mass is 252 g/mol. The first-order chi connectivity index (χ1) is 8.72. The molecule has 1 atom stereocenters. The quantitative estimate of drug-likeness (QED) is 0.744. The fraction of sp³-hybridized carbons (Fsp3) is 0.643. The van der Waals surface area contributed by atoms with E-state index in [1.54, 1.807) is 6.20 Å². The number of rotatable bonds is 8. The number of anilines is 1. The predicted molar refractivity (Wildman–Crippen MR) is 73.7 cm³/mol. The molecule has 1 aromatic heterocycles. The van der Waals surface area contributed by atoms with Crippen LogP contribution in [0.2, 0.25) is 0 Å². The van der Waals surface area contributed by atoms with E-state index in [1.165, 1.54) is 0 Å². The van der Waals surface area contributed by atoms with Crippen molar-refractivity contribution in [3.05, 3.63) is 24.0 Å². The third kappa shape index (κ3) is 4.27. The second-order valence-electron chi connectivity index (χ2n) is 4.43. The smallest absolute Gasteiger partial charge is 0.0957 e. The lowest BCUT2D eigenvalue weighted by atomic mass is 10.2. The summed E-state index contributed by atoms with van der Waals surface area (Å²) in [6.07, 6.45) is 4.18. The molecule has 102 valence electrons. The van der Waals surface area contributed by atoms with Gasteiger partial charge in [0.15, 0.2) is 0 Å². The minimum atomic E-state index is -0.485. The maximum absolute atomic E-state index is 9.69. The van der Waals surface area contributed by atoms with Crippen LogP contribution < -0.4 is 4.90 Å². The van der Waals surface area contributed by atoms with Gasteiger partial charge in [-0.25, -0.2) is 0 Å². The third-order valence-corrected chi connectivity index (χ3v) is 3.02. The first-order valence-electron chi connectivity index (χ1n) is 6.72. The number of aliphatic hydroxyl groups excluding tert-OH is 2. The molecule has 0 spiro atoms. The molecule has 0 amide bonds. The van der Waals surface area contributed by atoms with Crippen LogP contribution in [0.5, 0.6) is 0 Å². The summed E-state index contributed by atoms with van der Waals surface area (Å²) >= 11 is 0. The Bertz CT molecular complexity index is 327. The molecular formula is C14H24N2O2. The summed E-state index contributed by atoms with van der Waals surface area (Å²) in [6.45, 7) is 5.77. The van der Waals surface area contributed by atoms with E-state index in [0.29, 0.717) is 18.7 Å². The second-order valence-corrected chi connectivity index (χ2v) is 4.43. The molecule has 18 heavy (non-hydrogen) atoms. The zero-order valence-corrected chi connectivity index (χ0v) is 11.3. The van der Waals surface area contributed by atoms with Crippen LogP contribution in [0.15, 0.2) is 18.3 Å². The van der Waals surface area contributed by atoms with Crippen LogP contribution in [0.3, 0.4) is 0 Å². The molecule has 0 saturated heterocycles. The molecule has 0 saturated carbocycles. The molecule has 1 aromatic rings. The minimum Gasteiger partial charge on any atom is -0.395 e. The third-order valence-electron chi connectivity index (χ3n) is 3.02. The Balaban J connectivity index is 2.73. The molecular weight excluding hydrogens is 228 g/mol. The van der Waals surface area contributed by atoms with Gasteiger partial charge in [-0.15, -0.1) is 0 Å². The van der Waals surface area contributed by atoms with Crippen LogP contribution in [0.1, 0.15) is 44.9 Å². The maximum Gasteiger partial charge on any atom is 0.0957 e. The average molecular weight is 252 g/mol. The summed E-state index contributed by atoms with van der Waals surface area (Å²) in [5, 5.41) is 18.8. The molecule has 0 aliphatic carbocycles. The first kappa shape index (κ1) is 14.9. The van der Waals surface area contributed by atoms with E-state index in [2.05, 4.69) is 16.8 Å². The minimum absolute atomic E-state index is 0.142. The normalized spacial score (nSPS) is 12.4. The fourth-order valence-corrected chi connectivity index (χ4v) is 1.83. The van der Waals surface area contributed by atoms with E-state index in [1.807, 2.05) is 19.1 Å². The maximum atomic E-state index is 9.69. The van der Waals surface area contributed by atoms with Gasteiger partial charge < -0.3 is 15.1 Å². The Kier molecular flexibility index (Phi) is 6.68. The number of hydrogen-bond donors (Lipinski definition) is 2. The van der Waals surface area contributed by atoms with Gasteiger partial charge in [-0.3, -0.25) is 4.98 Å². The molecule has 1 rings (SSSR count). The summed E-state index contributed by atoms with van der Waals surface area (Å²) in [5.74, 6) is 0. The fourth-order valence-electron chi connectivity index (χ4n) is 1.83. The van der Waals surface area contributed by atoms with Crippen molar-refractivity contribution in [3.8, 4) is 0 Å². The molecule has 0 aromatic carbocycles. The number of aliphatic hydroxyl groups is 2. The number of aromatic nitrogens is 1. The van der Waals surface area contributed by atoms with Crippen molar-refractivity contribution in [2.75, 3.05) is 24.6 Å². The van der Waals surface area contributed by atoms with Gasteiger partial charge in [0.2, 0.25) is 0 Å². The van der Waals surface area contributed by atoms with Crippen LogP contribution >= 0.6 is 0 Å². The van der Waals surface area contributed by atoms with Crippen molar-refractivity contribution in [1.82, 2.24) is 4.98 Å². The van der Waals surface area contributed by atoms with Crippen molar-refractivity contribution in [2.24, 2.45) is 0 Å². The molecule has 2 N–H and O–H groups in total. The molecule has 1 unspecified atom stereocenters. The predicted octanol–water partition coefficient (Wildman–Crippen LogP) is 2.12. The van der Waals surface area contributed by atoms with Crippen LogP contribution in [0.25, 0.3) is 0 Å². The Hall–Kier alpha value is -1.13. The average Bonchev–Trinajstić information content (AvgIpc) is 2.43. The van der Waals surface area contributed by atoms with Crippen molar-refractivity contribution in [2.45, 2.75) is 39.2 Å². The number of hydrogen-bond acceptors (Lipinski definition) is 4. The van der Waals surface area contributed by atoms with Gasteiger partial charge in [0, 0.05) is 13.1 Å². The van der Waals surface area contributed by atoms with Gasteiger partial charge in [-0.1, -0.05) is 20.3 Å². The summed E-state index contributed by atoms with van der Waals surface area (Å²) in [5.41, 5.74) is 1.71. The molecule has 0 fully saturated rings. The zero-order chi connectivity index (χ0) is 13.4. The Labute approximate surface area is 109 Å². The lowest BCUT2D eigenvalue weighted by Crippen LogP contribution is -2.27. The van der Waals surface area contributed by atoms with Crippen LogP contribution in [-0.4, -0.2) is 34.9 Å². The molecule has 4 heteroatoms. The second kappa shape index (κ2) is 8.06. The Morgan fingerprint density at radius 2 is 2.06 bits per heavy atom. The van der Waals surface area contributed by atoms with Gasteiger partial charge in [-0.05, 0) is 25.0 Å². The van der Waals surface area contributed by atoms with E-state index in [4.69, 9.17) is 5.11 Å². The standard InChI is InChI=1S/C14H24N2O2/c1-3-5-8-16(9-10-17)12-6-7-13(15-11-12)14(18)4-2/h6-7,11,14,17-18H,3-5,8-10H2,1-2H3. The highest BCUT2D eigenvalue weighted by Gasteiger charge is 2.09. The molecule has 0 radical (unpaired) electrons. The zero-order valence-electron chi connectivity index (χ0n) is 11.3. The van der Waals surface area contributed by atoms with E-state index < -0.39 is 6.10 Å². The van der Waals surface area contributed by atoms with Gasteiger partial charge in [0.1, 0.15) is 0 Å². The van der Waals surface area contributed by atoms with Crippen molar-refractivity contribution in [3.63, 3.8) is 0 Å². The van der Waals surface area contributed by atoms with E-state index in [0.717, 1.165) is 25.1 Å². The van der Waals surface area contributed by atoms with E-state index in [-0.39, 0.29) is 6.61 Å². The van der Waals surface area contributed by atoms with Gasteiger partial charge in [0.05, 0.1) is 30.3 Å². The topological polar surface area (TPSA) is 56.6 Å². The Morgan fingerprint density at radius 3 is 2.56 bits per heavy atom. The number of pyridine rings is 1. The highest BCUT2D eigenvalue weighted by molar-refractivity contribution is 5.44. The van der Waals surface area contributed by atoms with Crippen LogP contribution in [0.4, 0.5) is 5.69 Å². The van der Waals surface area contributed by atoms with Crippen molar-refractivity contribution < 1.29 is 10.2 Å². The van der Waals surface area contributed by atoms with Crippen LogP contribution in [-0.2, 0) is 0 Å². The largest absolute Gasteiger partial charge is 0.395 e. The molecule has 0 aliphatic heterocycles. The summed E-state index contributed by atoms with van der Waals surface area (Å²) in [6, 6.07) is 3.83. The molecule has 0 bridgehead atoms. The van der Waals surface area contributed by atoms with Gasteiger partial charge in [0.25, 0.3) is 0 Å². The molecule has 1 heterocycles. The highest BCUT2D eigenvalue weighted by Crippen LogP contribution is 2.18. The lowest BCUT2D eigenvalue weighted by Gasteiger charge is -2.23. The number of unbranched alkanes of at least 4 members (excludes halogenated alkanes) is 1. The van der Waals surface area contributed by atoms with Crippen molar-refractivity contribution in [1.29, 1.82) is 0 Å². The number of nitrogens with zero attached hydrogens (tertiary/aromatic N) is 2. The van der Waals surface area contributed by atoms with Gasteiger partial charge in [-0.2, -0.15) is 0 Å². The van der Waals surface area contributed by atoms with Gasteiger partial charge >= 0.3 is 0 Å². The summed E-state index contributed by atoms with van der Waals surface area (Å²) in [4.78, 5) is 6.41. The summed E-state index contributed by atoms with van der Waals surface area (Å²) in [7, 11) is 0.